The quantitative estimate of drug-likeness (QED) is 0.891. The van der Waals surface area contributed by atoms with Crippen molar-refractivity contribution in [3.05, 3.63) is 65.2 Å². The van der Waals surface area contributed by atoms with Gasteiger partial charge in [0.05, 0.1) is 5.56 Å². The van der Waals surface area contributed by atoms with E-state index in [-0.39, 0.29) is 11.1 Å². The van der Waals surface area contributed by atoms with Gasteiger partial charge < -0.3 is 5.73 Å². The van der Waals surface area contributed by atoms with Crippen LogP contribution < -0.4 is 5.73 Å². The molecule has 0 bridgehead atoms. The highest BCUT2D eigenvalue weighted by Crippen LogP contribution is 2.36. The molecule has 2 rings (SSSR count). The number of alkyl halides is 3. The molecule has 0 radical (unpaired) electrons. The number of halogens is 3. The molecule has 0 saturated carbocycles. The zero-order valence-electron chi connectivity index (χ0n) is 11.8. The summed E-state index contributed by atoms with van der Waals surface area (Å²) in [7, 11) is 0. The van der Waals surface area contributed by atoms with E-state index < -0.39 is 17.6 Å². The first-order chi connectivity index (χ1) is 10.3. The smallest absolute Gasteiger partial charge is 0.366 e. The van der Waals surface area contributed by atoms with Crippen LogP contribution in [-0.4, -0.2) is 5.91 Å². The number of carbonyl (C=O) groups excluding carboxylic acids is 1. The molecule has 0 aromatic heterocycles. The largest absolute Gasteiger partial charge is 0.417 e. The summed E-state index contributed by atoms with van der Waals surface area (Å²) in [5, 5.41) is 0. The molecule has 2 aromatic rings. The van der Waals surface area contributed by atoms with Gasteiger partial charge in [0, 0.05) is 5.56 Å². The first-order valence-electron chi connectivity index (χ1n) is 6.57. The summed E-state index contributed by atoms with van der Waals surface area (Å²) in [6, 6.07) is 10.3. The van der Waals surface area contributed by atoms with Crippen LogP contribution in [0.15, 0.2) is 48.5 Å². The van der Waals surface area contributed by atoms with Crippen LogP contribution in [0.5, 0.6) is 0 Å². The number of amides is 1. The van der Waals surface area contributed by atoms with Crippen LogP contribution in [-0.2, 0) is 6.18 Å². The van der Waals surface area contributed by atoms with Gasteiger partial charge in [-0.15, -0.1) is 0 Å². The Morgan fingerprint density at radius 3 is 2.41 bits per heavy atom. The second-order valence-electron chi connectivity index (χ2n) is 4.71. The number of rotatable bonds is 3. The number of hydrogen-bond donors (Lipinski definition) is 1. The summed E-state index contributed by atoms with van der Waals surface area (Å²) in [6.45, 7) is 1.65. The monoisotopic (exact) mass is 305 g/mol. The van der Waals surface area contributed by atoms with Crippen LogP contribution in [0.4, 0.5) is 13.2 Å². The fourth-order valence-electron chi connectivity index (χ4n) is 2.24. The predicted molar refractivity (Wildman–Crippen MR) is 80.1 cm³/mol. The van der Waals surface area contributed by atoms with E-state index in [0.29, 0.717) is 11.1 Å². The van der Waals surface area contributed by atoms with Crippen molar-refractivity contribution < 1.29 is 18.0 Å². The lowest BCUT2D eigenvalue weighted by Crippen LogP contribution is -2.12. The highest BCUT2D eigenvalue weighted by atomic mass is 19.4. The number of benzene rings is 2. The normalized spacial score (nSPS) is 11.8. The van der Waals surface area contributed by atoms with Crippen molar-refractivity contribution >= 4 is 12.0 Å². The molecule has 0 aliphatic heterocycles. The van der Waals surface area contributed by atoms with Crippen molar-refractivity contribution in [2.45, 2.75) is 13.1 Å². The molecular formula is C17H14F3NO. The zero-order valence-corrected chi connectivity index (χ0v) is 11.8. The van der Waals surface area contributed by atoms with Gasteiger partial charge >= 0.3 is 6.18 Å². The number of primary amides is 1. The van der Waals surface area contributed by atoms with E-state index in [4.69, 9.17) is 5.73 Å². The Kier molecular flexibility index (Phi) is 4.35. The second-order valence-corrected chi connectivity index (χ2v) is 4.71. The number of allylic oxidation sites excluding steroid dienone is 1. The molecule has 2 N–H and O–H groups in total. The van der Waals surface area contributed by atoms with Crippen molar-refractivity contribution in [3.8, 4) is 11.1 Å². The molecular weight excluding hydrogens is 291 g/mol. The molecule has 0 spiro atoms. The molecule has 0 heterocycles. The highest BCUT2D eigenvalue weighted by molar-refractivity contribution is 5.99. The van der Waals surface area contributed by atoms with Crippen LogP contribution in [0.1, 0.15) is 28.4 Å². The third kappa shape index (κ3) is 3.19. The fourth-order valence-corrected chi connectivity index (χ4v) is 2.24. The molecule has 5 heteroatoms. The van der Waals surface area contributed by atoms with E-state index >= 15 is 0 Å². The maximum Gasteiger partial charge on any atom is 0.417 e. The van der Waals surface area contributed by atoms with Crippen molar-refractivity contribution in [2.75, 3.05) is 0 Å². The molecule has 0 aliphatic rings. The number of hydrogen-bond acceptors (Lipinski definition) is 1. The molecule has 0 atom stereocenters. The lowest BCUT2D eigenvalue weighted by molar-refractivity contribution is -0.137. The van der Waals surface area contributed by atoms with Crippen LogP contribution in [0.25, 0.3) is 17.2 Å². The van der Waals surface area contributed by atoms with Gasteiger partial charge in [0.15, 0.2) is 0 Å². The lowest BCUT2D eigenvalue weighted by Gasteiger charge is -2.14. The van der Waals surface area contributed by atoms with Crippen molar-refractivity contribution in [1.29, 1.82) is 0 Å². The van der Waals surface area contributed by atoms with E-state index in [1.54, 1.807) is 37.3 Å². The Morgan fingerprint density at radius 1 is 1.14 bits per heavy atom. The van der Waals surface area contributed by atoms with Crippen LogP contribution in [0.3, 0.4) is 0 Å². The summed E-state index contributed by atoms with van der Waals surface area (Å²) in [5.74, 6) is -0.679. The van der Waals surface area contributed by atoms with Gasteiger partial charge in [-0.2, -0.15) is 13.2 Å². The van der Waals surface area contributed by atoms with E-state index in [1.807, 2.05) is 0 Å². The van der Waals surface area contributed by atoms with E-state index in [9.17, 15) is 18.0 Å². The van der Waals surface area contributed by atoms with E-state index in [0.717, 1.165) is 6.07 Å². The van der Waals surface area contributed by atoms with E-state index in [1.165, 1.54) is 18.2 Å². The first kappa shape index (κ1) is 15.8. The topological polar surface area (TPSA) is 43.1 Å². The highest BCUT2D eigenvalue weighted by Gasteiger charge is 2.33. The molecule has 2 nitrogen and oxygen atoms in total. The number of carbonyl (C=O) groups is 1. The van der Waals surface area contributed by atoms with Gasteiger partial charge in [0.2, 0.25) is 5.91 Å². The van der Waals surface area contributed by atoms with Crippen molar-refractivity contribution in [1.82, 2.24) is 0 Å². The minimum absolute atomic E-state index is 0.0790. The maximum atomic E-state index is 13.2. The second kappa shape index (κ2) is 6.05. The summed E-state index contributed by atoms with van der Waals surface area (Å²) in [6.07, 6.45) is -1.54. The summed E-state index contributed by atoms with van der Waals surface area (Å²) in [5.41, 5.74) is 5.48. The maximum absolute atomic E-state index is 13.2. The Hall–Kier alpha value is -2.56. The lowest BCUT2D eigenvalue weighted by atomic mass is 9.95. The third-order valence-electron chi connectivity index (χ3n) is 3.21. The van der Waals surface area contributed by atoms with Gasteiger partial charge in [0.25, 0.3) is 0 Å². The standard InChI is InChI=1S/C17H14F3NO/c1-2-5-11-8-9-12(10-15(11)17(18,19)20)13-6-3-4-7-14(13)16(21)22/h2-10H,1H3,(H2,21,22)/b5-2-. The van der Waals surface area contributed by atoms with Gasteiger partial charge in [-0.1, -0.05) is 42.5 Å². The minimum Gasteiger partial charge on any atom is -0.366 e. The van der Waals surface area contributed by atoms with Gasteiger partial charge in [-0.05, 0) is 35.7 Å². The van der Waals surface area contributed by atoms with Crippen LogP contribution in [0, 0.1) is 0 Å². The molecule has 0 unspecified atom stereocenters. The van der Waals surface area contributed by atoms with Gasteiger partial charge in [0.1, 0.15) is 0 Å². The number of nitrogens with two attached hydrogens (primary N) is 1. The fraction of sp³-hybridized carbons (Fsp3) is 0.118. The molecule has 1 amide bonds. The Labute approximate surface area is 126 Å². The average Bonchev–Trinajstić information content (AvgIpc) is 2.47. The molecule has 114 valence electrons. The minimum atomic E-state index is -4.48. The van der Waals surface area contributed by atoms with E-state index in [2.05, 4.69) is 0 Å². The summed E-state index contributed by atoms with van der Waals surface area (Å²) >= 11 is 0. The van der Waals surface area contributed by atoms with Crippen molar-refractivity contribution in [2.24, 2.45) is 5.73 Å². The molecule has 0 saturated heterocycles. The van der Waals surface area contributed by atoms with Crippen LogP contribution >= 0.6 is 0 Å². The zero-order chi connectivity index (χ0) is 16.3. The molecule has 0 aliphatic carbocycles. The molecule has 0 fully saturated rings. The SMILES string of the molecule is C/C=C\c1ccc(-c2ccccc2C(N)=O)cc1C(F)(F)F. The Balaban J connectivity index is 2.66. The third-order valence-corrected chi connectivity index (χ3v) is 3.21. The molecule has 2 aromatic carbocycles. The molecule has 22 heavy (non-hydrogen) atoms. The Bertz CT molecular complexity index is 733. The van der Waals surface area contributed by atoms with Crippen LogP contribution in [0.2, 0.25) is 0 Å². The predicted octanol–water partition coefficient (Wildman–Crippen LogP) is 4.50. The summed E-state index contributed by atoms with van der Waals surface area (Å²) < 4.78 is 39.6. The summed E-state index contributed by atoms with van der Waals surface area (Å²) in [4.78, 5) is 11.4. The average molecular weight is 305 g/mol. The first-order valence-corrected chi connectivity index (χ1v) is 6.57. The Morgan fingerprint density at radius 2 is 1.82 bits per heavy atom. The van der Waals surface area contributed by atoms with Gasteiger partial charge in [-0.25, -0.2) is 0 Å². The van der Waals surface area contributed by atoms with Crippen molar-refractivity contribution in [3.63, 3.8) is 0 Å². The van der Waals surface area contributed by atoms with Gasteiger partial charge in [-0.3, -0.25) is 4.79 Å².